The van der Waals surface area contributed by atoms with Crippen LogP contribution in [0, 0.1) is 35.5 Å². The van der Waals surface area contributed by atoms with Gasteiger partial charge in [0.15, 0.2) is 12.1 Å². The molecule has 3 N–H and O–H groups in total. The number of rotatable bonds is 19. The standard InChI is InChI=1S/C49H61ClF2N2O5/c1-3-49(51,52)41-29-37(30-42(50)47(41)57)32-45(44(55)31-36-18-16-33(17-19-36)9-7-8-28-54(2)40-24-25-40)59-46(56)27-21-35-14-12-34(13-15-35)20-22-39-23-26-43(53-48(39)58)38-10-5-4-6-11-38/h3-6,10-11,18,26,29-30,33-35,39-40,45-46,56-57H,1,8,12-17,19-25,27-28,31-32H2,2H3,(H,53,58)/t33?,34?,35?,39?,45-,46?/m1/s1. The summed E-state index contributed by atoms with van der Waals surface area (Å²) in [5.74, 6) is 3.53. The number of alkyl halides is 2. The van der Waals surface area contributed by atoms with Gasteiger partial charge in [-0.2, -0.15) is 8.78 Å². The third kappa shape index (κ3) is 13.1. The maximum Gasteiger partial charge on any atom is 0.295 e. The maximum atomic E-state index is 14.7. The van der Waals surface area contributed by atoms with Crippen molar-refractivity contribution < 1.29 is 33.3 Å². The van der Waals surface area contributed by atoms with Crippen molar-refractivity contribution in [1.29, 1.82) is 0 Å². The van der Waals surface area contributed by atoms with Crippen LogP contribution in [0.4, 0.5) is 8.78 Å². The molecule has 0 radical (unpaired) electrons. The van der Waals surface area contributed by atoms with Crippen LogP contribution in [0.15, 0.2) is 72.8 Å². The molecule has 0 bridgehead atoms. The second-order valence-electron chi connectivity index (χ2n) is 17.3. The number of nitrogens with one attached hydrogen (secondary N) is 1. The third-order valence-corrected chi connectivity index (χ3v) is 13.1. The molecule has 0 saturated heterocycles. The summed E-state index contributed by atoms with van der Waals surface area (Å²) in [7, 11) is 2.15. The summed E-state index contributed by atoms with van der Waals surface area (Å²) >= 11 is 6.20. The molecule has 1 aliphatic heterocycles. The first kappa shape index (κ1) is 44.7. The van der Waals surface area contributed by atoms with Crippen LogP contribution in [0.5, 0.6) is 5.75 Å². The molecule has 2 aromatic rings. The Bertz CT molecular complexity index is 1890. The molecule has 0 spiro atoms. The molecule has 4 aliphatic rings. The zero-order valence-electron chi connectivity index (χ0n) is 34.5. The van der Waals surface area contributed by atoms with Crippen molar-refractivity contribution in [2.45, 2.75) is 134 Å². The highest BCUT2D eigenvalue weighted by molar-refractivity contribution is 6.32. The minimum absolute atomic E-state index is 0.00911. The summed E-state index contributed by atoms with van der Waals surface area (Å²) < 4.78 is 35.5. The molecule has 4 atom stereocenters. The Morgan fingerprint density at radius 3 is 2.44 bits per heavy atom. The largest absolute Gasteiger partial charge is 0.506 e. The van der Waals surface area contributed by atoms with Crippen LogP contribution in [0.25, 0.3) is 5.70 Å². The van der Waals surface area contributed by atoms with Gasteiger partial charge in [0.25, 0.3) is 5.92 Å². The molecular weight excluding hydrogens is 770 g/mol. The number of ketones is 1. The van der Waals surface area contributed by atoms with Gasteiger partial charge in [0.2, 0.25) is 5.91 Å². The van der Waals surface area contributed by atoms with E-state index in [0.29, 0.717) is 24.3 Å². The van der Waals surface area contributed by atoms with Gasteiger partial charge in [0, 0.05) is 49.4 Å². The fourth-order valence-corrected chi connectivity index (χ4v) is 9.09. The van der Waals surface area contributed by atoms with Crippen LogP contribution in [0.1, 0.15) is 119 Å². The van der Waals surface area contributed by atoms with E-state index in [2.05, 4.69) is 47.8 Å². The number of hydrogen-bond acceptors (Lipinski definition) is 6. The Morgan fingerprint density at radius 2 is 1.78 bits per heavy atom. The molecule has 1 amide bonds. The molecule has 2 saturated carbocycles. The predicted octanol–water partition coefficient (Wildman–Crippen LogP) is 10.3. The van der Waals surface area contributed by atoms with Crippen LogP contribution in [0.3, 0.4) is 0 Å². The highest BCUT2D eigenvalue weighted by Gasteiger charge is 2.34. The molecule has 7 nitrogen and oxygen atoms in total. The molecular formula is C49H61ClF2N2O5. The van der Waals surface area contributed by atoms with Gasteiger partial charge >= 0.3 is 0 Å². The lowest BCUT2D eigenvalue weighted by molar-refractivity contribution is -0.161. The first-order chi connectivity index (χ1) is 28.4. The van der Waals surface area contributed by atoms with Gasteiger partial charge in [-0.3, -0.25) is 9.59 Å². The van der Waals surface area contributed by atoms with Gasteiger partial charge < -0.3 is 25.2 Å². The van der Waals surface area contributed by atoms with Crippen molar-refractivity contribution in [3.05, 3.63) is 94.6 Å². The number of hydrogen-bond donors (Lipinski definition) is 3. The number of aliphatic hydroxyl groups excluding tert-OH is 1. The Hall–Kier alpha value is -3.81. The summed E-state index contributed by atoms with van der Waals surface area (Å²) in [5, 5.41) is 24.3. The van der Waals surface area contributed by atoms with Crippen LogP contribution in [-0.2, 0) is 26.7 Å². The number of phenolic OH excluding ortho intramolecular Hbond substituents is 1. The van der Waals surface area contributed by atoms with Gasteiger partial charge in [-0.25, -0.2) is 0 Å². The van der Waals surface area contributed by atoms with Crippen molar-refractivity contribution in [3.8, 4) is 17.6 Å². The molecule has 0 aromatic heterocycles. The molecule has 2 aromatic carbocycles. The Balaban J connectivity index is 0.997. The van der Waals surface area contributed by atoms with Gasteiger partial charge in [-0.1, -0.05) is 97.8 Å². The summed E-state index contributed by atoms with van der Waals surface area (Å²) in [4.78, 5) is 29.2. The predicted molar refractivity (Wildman–Crippen MR) is 229 cm³/mol. The molecule has 318 valence electrons. The van der Waals surface area contributed by atoms with Crippen LogP contribution in [-0.4, -0.2) is 58.8 Å². The molecule has 3 unspecified atom stereocenters. The van der Waals surface area contributed by atoms with Crippen molar-refractivity contribution in [2.75, 3.05) is 13.6 Å². The number of aromatic hydroxyl groups is 1. The van der Waals surface area contributed by atoms with Crippen molar-refractivity contribution in [2.24, 2.45) is 23.7 Å². The summed E-state index contributed by atoms with van der Waals surface area (Å²) in [5.41, 5.74) is 2.49. The number of phenols is 1. The summed E-state index contributed by atoms with van der Waals surface area (Å²) in [6.45, 7) is 4.18. The quantitative estimate of drug-likeness (QED) is 0.0741. The molecule has 10 heteroatoms. The van der Waals surface area contributed by atoms with Gasteiger partial charge in [-0.15, -0.1) is 5.92 Å². The molecule has 59 heavy (non-hydrogen) atoms. The summed E-state index contributed by atoms with van der Waals surface area (Å²) in [6, 6.07) is 13.1. The topological polar surface area (TPSA) is 99.1 Å². The minimum Gasteiger partial charge on any atom is -0.506 e. The van der Waals surface area contributed by atoms with Crippen molar-refractivity contribution in [3.63, 3.8) is 0 Å². The number of ether oxygens (including phenoxy) is 1. The zero-order chi connectivity index (χ0) is 41.9. The van der Waals surface area contributed by atoms with Crippen LogP contribution < -0.4 is 5.32 Å². The molecule has 6 rings (SSSR count). The SMILES string of the molecule is C=CC(F)(F)c1cc(C[C@@H](OC(O)CCC2CCC(CCC3CC=C(c4ccccc4)NC3=O)CC2)C(=O)CC2=CCC(C#CCCN(C)C3CC3)CC2)cc(Cl)c1O. The van der Waals surface area contributed by atoms with E-state index >= 15 is 0 Å². The van der Waals surface area contributed by atoms with Gasteiger partial charge in [0.05, 0.1) is 10.6 Å². The third-order valence-electron chi connectivity index (χ3n) is 12.8. The van der Waals surface area contributed by atoms with E-state index in [1.807, 2.05) is 30.3 Å². The number of allylic oxidation sites excluding steroid dienone is 4. The summed E-state index contributed by atoms with van der Waals surface area (Å²) in [6.07, 6.45) is 16.0. The lowest BCUT2D eigenvalue weighted by Gasteiger charge is -2.31. The minimum atomic E-state index is -3.55. The smallest absolute Gasteiger partial charge is 0.295 e. The van der Waals surface area contributed by atoms with Crippen molar-refractivity contribution >= 4 is 29.0 Å². The van der Waals surface area contributed by atoms with E-state index in [1.54, 1.807) is 0 Å². The van der Waals surface area contributed by atoms with Gasteiger partial charge in [0.1, 0.15) is 11.9 Å². The average molecular weight is 831 g/mol. The number of carbonyl (C=O) groups is 2. The van der Waals surface area contributed by atoms with Gasteiger partial charge in [-0.05, 0) is 112 Å². The number of Topliss-reactive ketones (excluding diaryl/α,β-unsaturated/α-hetero) is 1. The number of amides is 1. The molecule has 1 heterocycles. The Morgan fingerprint density at radius 1 is 1.05 bits per heavy atom. The van der Waals surface area contributed by atoms with E-state index in [1.165, 1.54) is 18.9 Å². The lowest BCUT2D eigenvalue weighted by atomic mass is 9.77. The number of benzene rings is 2. The van der Waals surface area contributed by atoms with Crippen LogP contribution in [0.2, 0.25) is 5.02 Å². The highest BCUT2D eigenvalue weighted by atomic mass is 35.5. The Kier molecular flexibility index (Phi) is 16.0. The fraction of sp³-hybridized carbons (Fsp3) is 0.551. The maximum absolute atomic E-state index is 14.7. The monoisotopic (exact) mass is 830 g/mol. The van der Waals surface area contributed by atoms with E-state index in [9.17, 15) is 28.6 Å². The Labute approximate surface area is 354 Å². The highest BCUT2D eigenvalue weighted by Crippen LogP contribution is 2.41. The van der Waals surface area contributed by atoms with E-state index in [4.69, 9.17) is 16.3 Å². The molecule has 2 fully saturated rings. The normalized spacial score (nSPS) is 23.3. The second kappa shape index (κ2) is 21.1. The molecule has 3 aliphatic carbocycles. The van der Waals surface area contributed by atoms with E-state index < -0.39 is 29.6 Å². The average Bonchev–Trinajstić information content (AvgIpc) is 4.09. The lowest BCUT2D eigenvalue weighted by Crippen LogP contribution is -2.33. The van der Waals surface area contributed by atoms with E-state index in [-0.39, 0.29) is 47.0 Å². The number of aliphatic hydroxyl groups is 1. The number of halogens is 3. The first-order valence-electron chi connectivity index (χ1n) is 21.7. The first-order valence-corrected chi connectivity index (χ1v) is 22.1. The number of nitrogens with zero attached hydrogens (tertiary/aromatic N) is 1. The number of carbonyl (C=O) groups excluding carboxylic acids is 2. The zero-order valence-corrected chi connectivity index (χ0v) is 35.2. The van der Waals surface area contributed by atoms with E-state index in [0.717, 1.165) is 113 Å². The van der Waals surface area contributed by atoms with Crippen molar-refractivity contribution in [1.82, 2.24) is 10.2 Å². The van der Waals surface area contributed by atoms with Crippen LogP contribution >= 0.6 is 11.6 Å². The fourth-order valence-electron chi connectivity index (χ4n) is 8.84. The second-order valence-corrected chi connectivity index (χ2v) is 17.7.